The molecule has 3 aromatic rings. The Hall–Kier alpha value is -2.71. The van der Waals surface area contributed by atoms with E-state index in [1.165, 1.54) is 11.8 Å². The smallest absolute Gasteiger partial charge is 0.227 e. The lowest BCUT2D eigenvalue weighted by atomic mass is 10.2. The molecule has 1 aromatic heterocycles. The summed E-state index contributed by atoms with van der Waals surface area (Å²) in [5.74, 6) is 1.65. The van der Waals surface area contributed by atoms with Gasteiger partial charge in [0.05, 0.1) is 18.6 Å². The van der Waals surface area contributed by atoms with Crippen molar-refractivity contribution < 1.29 is 14.3 Å². The second-order valence-corrected chi connectivity index (χ2v) is 7.24. The van der Waals surface area contributed by atoms with Gasteiger partial charge in [-0.15, -0.1) is 10.2 Å². The summed E-state index contributed by atoms with van der Waals surface area (Å²) >= 11 is 7.49. The predicted molar refractivity (Wildman–Crippen MR) is 108 cm³/mol. The number of carbonyl (C=O) groups is 1. The summed E-state index contributed by atoms with van der Waals surface area (Å²) in [6.07, 6.45) is 0. The van der Waals surface area contributed by atoms with E-state index < -0.39 is 5.91 Å². The first-order valence-corrected chi connectivity index (χ1v) is 9.73. The minimum atomic E-state index is -0.433. The summed E-state index contributed by atoms with van der Waals surface area (Å²) in [7, 11) is 1.61. The quantitative estimate of drug-likeness (QED) is 0.563. The van der Waals surface area contributed by atoms with Crippen LogP contribution in [0.25, 0.3) is 5.69 Å². The van der Waals surface area contributed by atoms with Gasteiger partial charge in [-0.2, -0.15) is 0 Å². The number of aryl methyl sites for hydroxylation is 1. The maximum atomic E-state index is 11.2. The van der Waals surface area contributed by atoms with Crippen molar-refractivity contribution in [2.75, 3.05) is 12.9 Å². The van der Waals surface area contributed by atoms with Crippen molar-refractivity contribution >= 4 is 29.3 Å². The van der Waals surface area contributed by atoms with E-state index in [9.17, 15) is 4.79 Å². The van der Waals surface area contributed by atoms with E-state index in [4.69, 9.17) is 26.8 Å². The van der Waals surface area contributed by atoms with Gasteiger partial charge in [-0.05, 0) is 48.9 Å². The highest BCUT2D eigenvalue weighted by Gasteiger charge is 2.16. The monoisotopic (exact) mass is 418 g/mol. The summed E-state index contributed by atoms with van der Waals surface area (Å²) in [5.41, 5.74) is 7.00. The number of primary amides is 1. The van der Waals surface area contributed by atoms with E-state index in [-0.39, 0.29) is 12.4 Å². The molecule has 146 valence electrons. The molecule has 0 bridgehead atoms. The molecule has 1 heterocycles. The van der Waals surface area contributed by atoms with Gasteiger partial charge in [0, 0.05) is 5.02 Å². The van der Waals surface area contributed by atoms with E-state index in [1.54, 1.807) is 7.11 Å². The molecule has 2 N–H and O–H groups in total. The van der Waals surface area contributed by atoms with Gasteiger partial charge in [0.25, 0.3) is 0 Å². The van der Waals surface area contributed by atoms with Crippen molar-refractivity contribution in [3.05, 3.63) is 58.9 Å². The topological polar surface area (TPSA) is 92.3 Å². The van der Waals surface area contributed by atoms with Gasteiger partial charge in [-0.25, -0.2) is 0 Å². The number of nitrogens with zero attached hydrogens (tertiary/aromatic N) is 3. The van der Waals surface area contributed by atoms with Crippen LogP contribution in [-0.4, -0.2) is 33.5 Å². The fourth-order valence-corrected chi connectivity index (χ4v) is 3.31. The first-order chi connectivity index (χ1) is 13.5. The van der Waals surface area contributed by atoms with Crippen molar-refractivity contribution in [3.8, 4) is 17.2 Å². The van der Waals surface area contributed by atoms with Gasteiger partial charge < -0.3 is 15.2 Å². The molecule has 0 fully saturated rings. The number of carbonyl (C=O) groups excluding carboxylic acids is 1. The molecule has 0 aliphatic rings. The van der Waals surface area contributed by atoms with E-state index >= 15 is 0 Å². The number of methoxy groups -OCH3 is 1. The zero-order valence-electron chi connectivity index (χ0n) is 15.4. The van der Waals surface area contributed by atoms with Crippen LogP contribution in [0.5, 0.6) is 11.5 Å². The summed E-state index contributed by atoms with van der Waals surface area (Å²) in [5, 5.41) is 9.56. The van der Waals surface area contributed by atoms with Crippen molar-refractivity contribution in [3.63, 3.8) is 0 Å². The fourth-order valence-electron chi connectivity index (χ4n) is 2.42. The Morgan fingerprint density at radius 1 is 1.18 bits per heavy atom. The SMILES string of the molecule is COc1ccc(OCc2nnc(SCC(N)=O)n2-c2ccc(C)c(Cl)c2)cc1. The Labute approximate surface area is 171 Å². The maximum absolute atomic E-state index is 11.2. The number of halogens is 1. The number of thioether (sulfide) groups is 1. The molecule has 1 amide bonds. The Morgan fingerprint density at radius 2 is 1.89 bits per heavy atom. The van der Waals surface area contributed by atoms with Crippen molar-refractivity contribution in [2.24, 2.45) is 5.73 Å². The van der Waals surface area contributed by atoms with Gasteiger partial charge in [-0.1, -0.05) is 29.4 Å². The standard InChI is InChI=1S/C19H19ClN4O3S/c1-12-3-4-13(9-16(12)20)24-18(22-23-19(24)28-11-17(21)25)10-27-15-7-5-14(26-2)6-8-15/h3-9H,10-11H2,1-2H3,(H2,21,25). The third kappa shape index (κ3) is 4.76. The number of ether oxygens (including phenoxy) is 2. The number of aromatic nitrogens is 3. The van der Waals surface area contributed by atoms with Crippen LogP contribution in [0.2, 0.25) is 5.02 Å². The largest absolute Gasteiger partial charge is 0.497 e. The second-order valence-electron chi connectivity index (χ2n) is 5.89. The van der Waals surface area contributed by atoms with Crippen LogP contribution >= 0.6 is 23.4 Å². The molecular weight excluding hydrogens is 400 g/mol. The molecule has 9 heteroatoms. The number of benzene rings is 2. The lowest BCUT2D eigenvalue weighted by molar-refractivity contribution is -0.115. The number of amides is 1. The normalized spacial score (nSPS) is 10.7. The van der Waals surface area contributed by atoms with E-state index in [1.807, 2.05) is 54.0 Å². The van der Waals surface area contributed by atoms with E-state index in [0.29, 0.717) is 21.8 Å². The van der Waals surface area contributed by atoms with Gasteiger partial charge >= 0.3 is 0 Å². The zero-order valence-corrected chi connectivity index (χ0v) is 17.0. The molecule has 0 atom stereocenters. The second kappa shape index (κ2) is 8.99. The minimum absolute atomic E-state index is 0.0943. The minimum Gasteiger partial charge on any atom is -0.497 e. The van der Waals surface area contributed by atoms with Gasteiger partial charge in [0.15, 0.2) is 11.0 Å². The molecule has 0 saturated carbocycles. The first kappa shape index (κ1) is 20.0. The molecule has 0 aliphatic carbocycles. The Bertz CT molecular complexity index is 976. The highest BCUT2D eigenvalue weighted by molar-refractivity contribution is 7.99. The highest BCUT2D eigenvalue weighted by Crippen LogP contribution is 2.26. The average Bonchev–Trinajstić information content (AvgIpc) is 3.10. The van der Waals surface area contributed by atoms with Crippen LogP contribution in [-0.2, 0) is 11.4 Å². The lowest BCUT2D eigenvalue weighted by Crippen LogP contribution is -2.14. The van der Waals surface area contributed by atoms with Crippen molar-refractivity contribution in [1.82, 2.24) is 14.8 Å². The molecule has 0 aliphatic heterocycles. The molecule has 0 unspecified atom stereocenters. The van der Waals surface area contributed by atoms with E-state index in [2.05, 4.69) is 10.2 Å². The molecule has 28 heavy (non-hydrogen) atoms. The molecule has 7 nitrogen and oxygen atoms in total. The van der Waals surface area contributed by atoms with Crippen molar-refractivity contribution in [1.29, 1.82) is 0 Å². The summed E-state index contributed by atoms with van der Waals surface area (Å²) in [4.78, 5) is 11.2. The van der Waals surface area contributed by atoms with Crippen LogP contribution in [0.4, 0.5) is 0 Å². The summed E-state index contributed by atoms with van der Waals surface area (Å²) in [6.45, 7) is 2.11. The molecule has 0 spiro atoms. The van der Waals surface area contributed by atoms with Gasteiger partial charge in [0.2, 0.25) is 5.91 Å². The van der Waals surface area contributed by atoms with Crippen LogP contribution in [0.3, 0.4) is 0 Å². The van der Waals surface area contributed by atoms with Crippen LogP contribution in [0, 0.1) is 6.92 Å². The fraction of sp³-hybridized carbons (Fsp3) is 0.211. The number of nitrogens with two attached hydrogens (primary N) is 1. The number of hydrogen-bond acceptors (Lipinski definition) is 6. The third-order valence-corrected chi connectivity index (χ3v) is 5.24. The third-order valence-electron chi connectivity index (χ3n) is 3.88. The summed E-state index contributed by atoms with van der Waals surface area (Å²) < 4.78 is 12.8. The van der Waals surface area contributed by atoms with Crippen LogP contribution in [0.15, 0.2) is 47.6 Å². The molecule has 0 saturated heterocycles. The average molecular weight is 419 g/mol. The summed E-state index contributed by atoms with van der Waals surface area (Å²) in [6, 6.07) is 12.9. The molecule has 3 rings (SSSR count). The lowest BCUT2D eigenvalue weighted by Gasteiger charge is -2.12. The number of rotatable bonds is 8. The van der Waals surface area contributed by atoms with Crippen molar-refractivity contribution in [2.45, 2.75) is 18.7 Å². The molecule has 0 radical (unpaired) electrons. The maximum Gasteiger partial charge on any atom is 0.227 e. The highest BCUT2D eigenvalue weighted by atomic mass is 35.5. The van der Waals surface area contributed by atoms with E-state index in [0.717, 1.165) is 17.0 Å². The molecule has 2 aromatic carbocycles. The van der Waals surface area contributed by atoms with Gasteiger partial charge in [0.1, 0.15) is 18.1 Å². The Balaban J connectivity index is 1.88. The number of hydrogen-bond donors (Lipinski definition) is 1. The first-order valence-electron chi connectivity index (χ1n) is 8.36. The van der Waals surface area contributed by atoms with Gasteiger partial charge in [-0.3, -0.25) is 9.36 Å². The Kier molecular flexibility index (Phi) is 6.43. The molecular formula is C19H19ClN4O3S. The van der Waals surface area contributed by atoms with Crippen LogP contribution in [0.1, 0.15) is 11.4 Å². The Morgan fingerprint density at radius 3 is 2.54 bits per heavy atom. The van der Waals surface area contributed by atoms with Crippen LogP contribution < -0.4 is 15.2 Å². The zero-order chi connectivity index (χ0) is 20.1. The predicted octanol–water partition coefficient (Wildman–Crippen LogP) is 3.39.